The molecular weight excluding hydrogens is 523 g/mol. The van der Waals surface area contributed by atoms with Gasteiger partial charge in [0.1, 0.15) is 0 Å². The van der Waals surface area contributed by atoms with Crippen molar-refractivity contribution >= 4 is 40.7 Å². The molecule has 200 valence electrons. The normalized spacial score (nSPS) is 12.5. The number of amides is 1. The predicted molar refractivity (Wildman–Crippen MR) is 154 cm³/mol. The summed E-state index contributed by atoms with van der Waals surface area (Å²) in [7, 11) is -4.10. The van der Waals surface area contributed by atoms with Crippen LogP contribution in [-0.2, 0) is 25.7 Å². The summed E-state index contributed by atoms with van der Waals surface area (Å²) in [5.74, 6) is -0.166. The number of hydrogen-bond donors (Lipinski definition) is 1. The fraction of sp³-hybridized carbons (Fsp3) is 0.407. The quantitative estimate of drug-likeness (QED) is 0.257. The standard InChI is InChI=1S/C27H37N3O4S2Si/c1-20-25(36(32,33)28-17-18-34-37(6,7)27(2,3)4)35-26(29-20)30(5)24(31)19-21-13-15-23(16-14-21)22-11-9-8-10-12-22/h8-16,28H,17-19H2,1-7H3. The van der Waals surface area contributed by atoms with E-state index in [9.17, 15) is 13.2 Å². The molecule has 1 amide bonds. The molecule has 3 rings (SSSR count). The molecule has 37 heavy (non-hydrogen) atoms. The van der Waals surface area contributed by atoms with E-state index in [0.29, 0.717) is 17.4 Å². The largest absolute Gasteiger partial charge is 0.415 e. The van der Waals surface area contributed by atoms with Gasteiger partial charge in [0, 0.05) is 20.2 Å². The van der Waals surface area contributed by atoms with E-state index in [1.54, 1.807) is 14.0 Å². The third kappa shape index (κ3) is 7.35. The Kier molecular flexibility index (Phi) is 9.13. The molecule has 0 radical (unpaired) electrons. The number of aromatic nitrogens is 1. The number of hydrogen-bond acceptors (Lipinski definition) is 6. The molecule has 0 saturated heterocycles. The Hall–Kier alpha value is -2.37. The molecule has 7 nitrogen and oxygen atoms in total. The van der Waals surface area contributed by atoms with E-state index in [0.717, 1.165) is 28.0 Å². The molecule has 0 aliphatic carbocycles. The Morgan fingerprint density at radius 2 is 1.65 bits per heavy atom. The Morgan fingerprint density at radius 3 is 2.24 bits per heavy atom. The molecule has 0 atom stereocenters. The molecule has 1 N–H and O–H groups in total. The highest BCUT2D eigenvalue weighted by atomic mass is 32.2. The lowest BCUT2D eigenvalue weighted by Crippen LogP contribution is -2.42. The Bertz CT molecular complexity index is 1320. The van der Waals surface area contributed by atoms with Crippen molar-refractivity contribution in [2.24, 2.45) is 0 Å². The van der Waals surface area contributed by atoms with Crippen LogP contribution < -0.4 is 9.62 Å². The van der Waals surface area contributed by atoms with Crippen molar-refractivity contribution in [2.45, 2.75) is 56.5 Å². The van der Waals surface area contributed by atoms with E-state index in [1.807, 2.05) is 54.6 Å². The number of anilines is 1. The van der Waals surface area contributed by atoms with Crippen molar-refractivity contribution in [3.05, 3.63) is 65.9 Å². The van der Waals surface area contributed by atoms with Gasteiger partial charge >= 0.3 is 0 Å². The molecular formula is C27H37N3O4S2Si. The number of nitrogens with zero attached hydrogens (tertiary/aromatic N) is 2. The van der Waals surface area contributed by atoms with Crippen LogP contribution in [0.15, 0.2) is 58.8 Å². The van der Waals surface area contributed by atoms with Gasteiger partial charge < -0.3 is 4.43 Å². The minimum atomic E-state index is -3.77. The summed E-state index contributed by atoms with van der Waals surface area (Å²) in [5.41, 5.74) is 3.44. The molecule has 1 heterocycles. The van der Waals surface area contributed by atoms with Crippen molar-refractivity contribution in [1.82, 2.24) is 9.71 Å². The summed E-state index contributed by atoms with van der Waals surface area (Å²) in [6.45, 7) is 12.8. The molecule has 10 heteroatoms. The van der Waals surface area contributed by atoms with Crippen LogP contribution in [0.25, 0.3) is 11.1 Å². The number of sulfonamides is 1. The lowest BCUT2D eigenvalue weighted by Gasteiger charge is -2.36. The molecule has 0 fully saturated rings. The second-order valence-electron chi connectivity index (χ2n) is 10.6. The highest BCUT2D eigenvalue weighted by Gasteiger charge is 2.37. The van der Waals surface area contributed by atoms with Crippen LogP contribution in [0.2, 0.25) is 18.1 Å². The number of benzene rings is 2. The number of aryl methyl sites for hydroxylation is 1. The van der Waals surface area contributed by atoms with Crippen LogP contribution in [0.3, 0.4) is 0 Å². The fourth-order valence-electron chi connectivity index (χ4n) is 3.37. The number of rotatable bonds is 10. The van der Waals surface area contributed by atoms with Crippen LogP contribution in [0.4, 0.5) is 5.13 Å². The average Bonchev–Trinajstić information content (AvgIpc) is 3.24. The highest BCUT2D eigenvalue weighted by Crippen LogP contribution is 2.36. The molecule has 0 unspecified atom stereocenters. The van der Waals surface area contributed by atoms with Gasteiger partial charge in [0.05, 0.1) is 12.1 Å². The lowest BCUT2D eigenvalue weighted by atomic mass is 10.0. The first-order valence-electron chi connectivity index (χ1n) is 12.2. The molecule has 0 aliphatic rings. The van der Waals surface area contributed by atoms with E-state index < -0.39 is 18.3 Å². The number of carbonyl (C=O) groups excluding carboxylic acids is 1. The van der Waals surface area contributed by atoms with Gasteiger partial charge in [0.25, 0.3) is 10.0 Å². The van der Waals surface area contributed by atoms with Gasteiger partial charge in [-0.05, 0) is 41.7 Å². The Labute approximate surface area is 226 Å². The second-order valence-corrected chi connectivity index (χ2v) is 18.3. The van der Waals surface area contributed by atoms with Gasteiger partial charge in [-0.3, -0.25) is 9.69 Å². The minimum Gasteiger partial charge on any atom is -0.415 e. The minimum absolute atomic E-state index is 0.0517. The summed E-state index contributed by atoms with van der Waals surface area (Å²) >= 11 is 0.992. The van der Waals surface area contributed by atoms with E-state index >= 15 is 0 Å². The van der Waals surface area contributed by atoms with Gasteiger partial charge in [-0.2, -0.15) is 0 Å². The second kappa shape index (κ2) is 11.6. The van der Waals surface area contributed by atoms with E-state index in [-0.39, 0.29) is 28.1 Å². The summed E-state index contributed by atoms with van der Waals surface area (Å²) in [6.07, 6.45) is 0.190. The Balaban J connectivity index is 1.61. The van der Waals surface area contributed by atoms with Crippen molar-refractivity contribution in [3.8, 4) is 11.1 Å². The maximum absolute atomic E-state index is 12.9. The van der Waals surface area contributed by atoms with Crippen molar-refractivity contribution < 1.29 is 17.6 Å². The maximum Gasteiger partial charge on any atom is 0.252 e. The fourth-order valence-corrected chi connectivity index (χ4v) is 6.95. The number of nitrogens with one attached hydrogen (secondary N) is 1. The SMILES string of the molecule is Cc1nc(N(C)C(=O)Cc2ccc(-c3ccccc3)cc2)sc1S(=O)(=O)NCCO[Si](C)(C)C(C)(C)C. The summed E-state index contributed by atoms with van der Waals surface area (Å²) in [4.78, 5) is 18.7. The first kappa shape index (κ1) is 29.2. The Morgan fingerprint density at radius 1 is 1.05 bits per heavy atom. The first-order valence-corrected chi connectivity index (χ1v) is 17.4. The summed E-state index contributed by atoms with van der Waals surface area (Å²) < 4.78 is 34.7. The molecule has 0 saturated carbocycles. The monoisotopic (exact) mass is 559 g/mol. The van der Waals surface area contributed by atoms with Crippen molar-refractivity contribution in [3.63, 3.8) is 0 Å². The lowest BCUT2D eigenvalue weighted by molar-refractivity contribution is -0.117. The van der Waals surface area contributed by atoms with Gasteiger partial charge in [0.2, 0.25) is 5.91 Å². The number of carbonyl (C=O) groups is 1. The van der Waals surface area contributed by atoms with E-state index in [4.69, 9.17) is 4.43 Å². The number of thiazole rings is 1. The third-order valence-electron chi connectivity index (χ3n) is 6.73. The van der Waals surface area contributed by atoms with E-state index in [2.05, 4.69) is 43.6 Å². The van der Waals surface area contributed by atoms with Crippen LogP contribution in [0, 0.1) is 6.92 Å². The van der Waals surface area contributed by atoms with E-state index in [1.165, 1.54) is 4.90 Å². The molecule has 0 spiro atoms. The summed E-state index contributed by atoms with van der Waals surface area (Å²) in [5, 5.41) is 0.400. The third-order valence-corrected chi connectivity index (χ3v) is 14.6. The zero-order chi connectivity index (χ0) is 27.4. The highest BCUT2D eigenvalue weighted by molar-refractivity contribution is 7.91. The van der Waals surface area contributed by atoms with Crippen LogP contribution >= 0.6 is 11.3 Å². The zero-order valence-corrected chi connectivity index (χ0v) is 25.3. The zero-order valence-electron chi connectivity index (χ0n) is 22.7. The molecule has 0 bridgehead atoms. The topological polar surface area (TPSA) is 88.6 Å². The first-order chi connectivity index (χ1) is 17.2. The van der Waals surface area contributed by atoms with Crippen LogP contribution in [0.1, 0.15) is 32.0 Å². The smallest absolute Gasteiger partial charge is 0.252 e. The predicted octanol–water partition coefficient (Wildman–Crippen LogP) is 5.62. The van der Waals surface area contributed by atoms with Gasteiger partial charge in [0.15, 0.2) is 17.7 Å². The van der Waals surface area contributed by atoms with Gasteiger partial charge in [-0.1, -0.05) is 86.7 Å². The van der Waals surface area contributed by atoms with Crippen LogP contribution in [0.5, 0.6) is 0 Å². The van der Waals surface area contributed by atoms with Crippen molar-refractivity contribution in [1.29, 1.82) is 0 Å². The molecule has 0 aliphatic heterocycles. The molecule has 3 aromatic rings. The number of likely N-dealkylation sites (N-methyl/N-ethyl adjacent to an activating group) is 1. The molecule has 1 aromatic heterocycles. The maximum atomic E-state index is 12.9. The van der Waals surface area contributed by atoms with Gasteiger partial charge in [-0.15, -0.1) is 0 Å². The molecule has 2 aromatic carbocycles. The summed E-state index contributed by atoms with van der Waals surface area (Å²) in [6, 6.07) is 17.9. The van der Waals surface area contributed by atoms with Crippen molar-refractivity contribution in [2.75, 3.05) is 25.1 Å². The van der Waals surface area contributed by atoms with Crippen LogP contribution in [-0.4, -0.2) is 47.8 Å². The van der Waals surface area contributed by atoms with Gasteiger partial charge in [-0.25, -0.2) is 18.1 Å². The average molecular weight is 560 g/mol.